The van der Waals surface area contributed by atoms with Crippen LogP contribution in [0.3, 0.4) is 0 Å². The zero-order valence-electron chi connectivity index (χ0n) is 11.8. The van der Waals surface area contributed by atoms with E-state index in [1.54, 1.807) is 11.3 Å². The van der Waals surface area contributed by atoms with E-state index in [2.05, 4.69) is 25.2 Å². The molecule has 4 heteroatoms. The normalized spacial score (nSPS) is 12.9. The number of halogens is 1. The summed E-state index contributed by atoms with van der Waals surface area (Å²) in [4.78, 5) is 1.30. The van der Waals surface area contributed by atoms with Gasteiger partial charge in [0.2, 0.25) is 0 Å². The minimum absolute atomic E-state index is 0.289. The number of furan rings is 1. The molecule has 0 aliphatic heterocycles. The third-order valence-electron chi connectivity index (χ3n) is 3.45. The Balaban J connectivity index is 2.29. The van der Waals surface area contributed by atoms with Crippen LogP contribution in [0.15, 0.2) is 16.5 Å². The second-order valence-corrected chi connectivity index (χ2v) is 6.57. The Kier molecular flexibility index (Phi) is 4.71. The third kappa shape index (κ3) is 3.22. The molecule has 0 bridgehead atoms. The van der Waals surface area contributed by atoms with Crippen molar-refractivity contribution in [1.82, 2.24) is 5.32 Å². The summed E-state index contributed by atoms with van der Waals surface area (Å²) in [7, 11) is 0. The highest BCUT2D eigenvalue weighted by molar-refractivity contribution is 7.16. The van der Waals surface area contributed by atoms with Crippen molar-refractivity contribution in [2.24, 2.45) is 0 Å². The molecule has 2 aromatic heterocycles. The molecule has 1 atom stereocenters. The molecule has 2 heterocycles. The third-order valence-corrected chi connectivity index (χ3v) is 4.70. The van der Waals surface area contributed by atoms with Crippen LogP contribution in [0.4, 0.5) is 0 Å². The molecule has 0 amide bonds. The Morgan fingerprint density at radius 2 is 2.00 bits per heavy atom. The van der Waals surface area contributed by atoms with E-state index in [9.17, 15) is 0 Å². The van der Waals surface area contributed by atoms with Gasteiger partial charge < -0.3 is 9.73 Å². The van der Waals surface area contributed by atoms with Crippen LogP contribution in [-0.2, 0) is 6.42 Å². The molecule has 0 aromatic carbocycles. The van der Waals surface area contributed by atoms with Crippen LogP contribution >= 0.6 is 22.9 Å². The van der Waals surface area contributed by atoms with Gasteiger partial charge in [-0.1, -0.05) is 18.5 Å². The quantitative estimate of drug-likeness (QED) is 0.856. The van der Waals surface area contributed by atoms with Crippen LogP contribution in [0, 0.1) is 20.8 Å². The predicted octanol–water partition coefficient (Wildman–Crippen LogP) is 4.81. The Hall–Kier alpha value is -0.770. The number of hydrogen-bond donors (Lipinski definition) is 1. The Labute approximate surface area is 123 Å². The molecule has 2 nitrogen and oxygen atoms in total. The molecule has 1 N–H and O–H groups in total. The minimum Gasteiger partial charge on any atom is -0.466 e. The smallest absolute Gasteiger partial charge is 0.106 e. The highest BCUT2D eigenvalue weighted by atomic mass is 35.5. The lowest BCUT2D eigenvalue weighted by Gasteiger charge is -2.18. The van der Waals surface area contributed by atoms with Crippen molar-refractivity contribution in [3.63, 3.8) is 0 Å². The zero-order chi connectivity index (χ0) is 14.0. The van der Waals surface area contributed by atoms with E-state index in [1.807, 2.05) is 19.9 Å². The van der Waals surface area contributed by atoms with E-state index in [1.165, 1.54) is 16.0 Å². The first-order chi connectivity index (χ1) is 9.02. The van der Waals surface area contributed by atoms with Gasteiger partial charge in [0.15, 0.2) is 0 Å². The summed E-state index contributed by atoms with van der Waals surface area (Å²) in [6.45, 7) is 9.27. The number of likely N-dealkylation sites (N-methyl/N-ethyl adjacent to an activating group) is 1. The zero-order valence-corrected chi connectivity index (χ0v) is 13.4. The van der Waals surface area contributed by atoms with Crippen LogP contribution < -0.4 is 5.32 Å². The maximum atomic E-state index is 6.01. The molecule has 0 saturated heterocycles. The van der Waals surface area contributed by atoms with Gasteiger partial charge in [-0.05, 0) is 45.0 Å². The molecule has 0 fully saturated rings. The Morgan fingerprint density at radius 3 is 2.47 bits per heavy atom. The summed E-state index contributed by atoms with van der Waals surface area (Å²) in [5.41, 5.74) is 2.55. The van der Waals surface area contributed by atoms with Gasteiger partial charge in [-0.25, -0.2) is 0 Å². The van der Waals surface area contributed by atoms with E-state index < -0.39 is 0 Å². The highest BCUT2D eigenvalue weighted by Crippen LogP contribution is 2.31. The van der Waals surface area contributed by atoms with Crippen molar-refractivity contribution in [3.8, 4) is 0 Å². The summed E-state index contributed by atoms with van der Waals surface area (Å²) in [5, 5.41) is 3.56. The second-order valence-electron chi connectivity index (χ2n) is 4.77. The molecule has 1 unspecified atom stereocenters. The summed E-state index contributed by atoms with van der Waals surface area (Å²) >= 11 is 7.66. The van der Waals surface area contributed by atoms with Gasteiger partial charge in [-0.15, -0.1) is 11.3 Å². The summed E-state index contributed by atoms with van der Waals surface area (Å²) in [5.74, 6) is 2.03. The van der Waals surface area contributed by atoms with E-state index in [0.29, 0.717) is 0 Å². The van der Waals surface area contributed by atoms with E-state index in [4.69, 9.17) is 16.0 Å². The van der Waals surface area contributed by atoms with Crippen LogP contribution in [0.1, 0.15) is 40.5 Å². The number of rotatable bonds is 5. The van der Waals surface area contributed by atoms with E-state index in [-0.39, 0.29) is 6.04 Å². The molecular weight excluding hydrogens is 278 g/mol. The van der Waals surface area contributed by atoms with Crippen LogP contribution in [0.2, 0.25) is 4.34 Å². The molecular formula is C15H20ClNOS. The van der Waals surface area contributed by atoms with Crippen molar-refractivity contribution < 1.29 is 4.42 Å². The summed E-state index contributed by atoms with van der Waals surface area (Å²) in [6.07, 6.45) is 0.950. The van der Waals surface area contributed by atoms with Gasteiger partial charge in [-0.3, -0.25) is 0 Å². The van der Waals surface area contributed by atoms with Gasteiger partial charge in [0.05, 0.1) is 4.34 Å². The largest absolute Gasteiger partial charge is 0.466 e. The number of nitrogens with one attached hydrogen (secondary N) is 1. The average molecular weight is 298 g/mol. The molecule has 2 aromatic rings. The van der Waals surface area contributed by atoms with Gasteiger partial charge in [0, 0.05) is 22.9 Å². The lowest BCUT2D eigenvalue weighted by molar-refractivity contribution is 0.485. The lowest BCUT2D eigenvalue weighted by atomic mass is 9.98. The second kappa shape index (κ2) is 6.12. The van der Waals surface area contributed by atoms with Crippen LogP contribution in [0.25, 0.3) is 0 Å². The topological polar surface area (TPSA) is 25.2 Å². The minimum atomic E-state index is 0.289. The van der Waals surface area contributed by atoms with Crippen molar-refractivity contribution >= 4 is 22.9 Å². The fourth-order valence-electron chi connectivity index (χ4n) is 2.51. The molecule has 2 rings (SSSR count). The number of thiophene rings is 1. The van der Waals surface area contributed by atoms with Gasteiger partial charge in [-0.2, -0.15) is 0 Å². The van der Waals surface area contributed by atoms with Gasteiger partial charge in [0.1, 0.15) is 11.5 Å². The van der Waals surface area contributed by atoms with E-state index >= 15 is 0 Å². The lowest BCUT2D eigenvalue weighted by Crippen LogP contribution is -2.23. The van der Waals surface area contributed by atoms with Gasteiger partial charge in [0.25, 0.3) is 0 Å². The molecule has 19 heavy (non-hydrogen) atoms. The molecule has 0 aliphatic carbocycles. The standard InChI is InChI=1S/C15H20ClNOS/c1-5-17-13(8-12-6-7-14(16)19-12)15-9(2)10(3)18-11(15)4/h6-7,13,17H,5,8H2,1-4H3. The fourth-order valence-corrected chi connectivity index (χ4v) is 3.64. The van der Waals surface area contributed by atoms with Crippen LogP contribution in [-0.4, -0.2) is 6.54 Å². The first-order valence-electron chi connectivity index (χ1n) is 6.57. The molecule has 0 radical (unpaired) electrons. The van der Waals surface area contributed by atoms with Crippen LogP contribution in [0.5, 0.6) is 0 Å². The Bertz CT molecular complexity index is 558. The first-order valence-corrected chi connectivity index (χ1v) is 7.76. The Morgan fingerprint density at radius 1 is 1.26 bits per heavy atom. The van der Waals surface area contributed by atoms with E-state index in [0.717, 1.165) is 28.8 Å². The molecule has 0 aliphatic rings. The highest BCUT2D eigenvalue weighted by Gasteiger charge is 2.21. The summed E-state index contributed by atoms with van der Waals surface area (Å²) < 4.78 is 6.60. The summed E-state index contributed by atoms with van der Waals surface area (Å²) in [6, 6.07) is 4.36. The first kappa shape index (κ1) is 14.6. The number of aryl methyl sites for hydroxylation is 2. The van der Waals surface area contributed by atoms with Crippen molar-refractivity contribution in [3.05, 3.63) is 44.0 Å². The number of hydrogen-bond acceptors (Lipinski definition) is 3. The van der Waals surface area contributed by atoms with Crippen molar-refractivity contribution in [1.29, 1.82) is 0 Å². The predicted molar refractivity (Wildman–Crippen MR) is 82.4 cm³/mol. The molecule has 104 valence electrons. The maximum absolute atomic E-state index is 6.01. The monoisotopic (exact) mass is 297 g/mol. The van der Waals surface area contributed by atoms with Gasteiger partial charge >= 0.3 is 0 Å². The van der Waals surface area contributed by atoms with Crippen molar-refractivity contribution in [2.45, 2.75) is 40.2 Å². The molecule has 0 spiro atoms. The average Bonchev–Trinajstić information content (AvgIpc) is 2.84. The van der Waals surface area contributed by atoms with Crippen molar-refractivity contribution in [2.75, 3.05) is 6.54 Å². The molecule has 0 saturated carbocycles. The maximum Gasteiger partial charge on any atom is 0.106 e. The SMILES string of the molecule is CCNC(Cc1ccc(Cl)s1)c1c(C)oc(C)c1C. The fraction of sp³-hybridized carbons (Fsp3) is 0.467.